The van der Waals surface area contributed by atoms with Gasteiger partial charge in [-0.2, -0.15) is 5.10 Å². The number of anilines is 1. The van der Waals surface area contributed by atoms with Crippen LogP contribution in [0.15, 0.2) is 65.1 Å². The number of hydrogen-bond acceptors (Lipinski definition) is 6. The molecule has 4 rings (SSSR count). The summed E-state index contributed by atoms with van der Waals surface area (Å²) in [6.45, 7) is 1.46. The van der Waals surface area contributed by atoms with Gasteiger partial charge in [0, 0.05) is 12.1 Å². The van der Waals surface area contributed by atoms with Crippen LogP contribution < -0.4 is 10.1 Å². The number of nitrogens with one attached hydrogen (secondary N) is 1. The predicted octanol–water partition coefficient (Wildman–Crippen LogP) is 6.66. The average molecular weight is 518 g/mol. The molecule has 192 valence electrons. The van der Waals surface area contributed by atoms with Crippen molar-refractivity contribution in [3.05, 3.63) is 99.2 Å². The molecule has 0 aliphatic heterocycles. The number of ether oxygens (including phenoxy) is 1. The Balaban J connectivity index is 1.52. The number of carbonyl (C=O) groups is 1. The van der Waals surface area contributed by atoms with E-state index in [1.807, 2.05) is 6.92 Å². The number of nitrogens with zero attached hydrogens (tertiary/aromatic N) is 3. The van der Waals surface area contributed by atoms with Gasteiger partial charge >= 0.3 is 0 Å². The second-order valence-corrected chi connectivity index (χ2v) is 7.86. The number of benzene rings is 2. The zero-order chi connectivity index (χ0) is 26.7. The minimum atomic E-state index is -3.05. The van der Waals surface area contributed by atoms with Gasteiger partial charge in [-0.05, 0) is 37.3 Å². The normalized spacial score (nSPS) is 11.2. The summed E-state index contributed by atoms with van der Waals surface area (Å²) >= 11 is 0. The second kappa shape index (κ2) is 10.5. The summed E-state index contributed by atoms with van der Waals surface area (Å²) in [6.07, 6.45) is -6.09. The maximum Gasteiger partial charge on any atom is 0.291 e. The van der Waals surface area contributed by atoms with Crippen LogP contribution in [0.25, 0.3) is 0 Å². The summed E-state index contributed by atoms with van der Waals surface area (Å²) in [5, 5.41) is 17.3. The molecule has 0 aliphatic carbocycles. The molecule has 4 aromatic rings. The van der Waals surface area contributed by atoms with Crippen LogP contribution in [0.4, 0.5) is 28.9 Å². The van der Waals surface area contributed by atoms with Gasteiger partial charge in [0.2, 0.25) is 0 Å². The molecule has 0 saturated heterocycles. The molecule has 1 N–H and O–H groups in total. The van der Waals surface area contributed by atoms with E-state index < -0.39 is 41.6 Å². The summed E-state index contributed by atoms with van der Waals surface area (Å²) in [7, 11) is 0. The van der Waals surface area contributed by atoms with Crippen LogP contribution in [0.3, 0.4) is 0 Å². The van der Waals surface area contributed by atoms with E-state index in [0.29, 0.717) is 16.5 Å². The van der Waals surface area contributed by atoms with Crippen molar-refractivity contribution in [1.29, 1.82) is 0 Å². The van der Waals surface area contributed by atoms with Gasteiger partial charge < -0.3 is 14.5 Å². The zero-order valence-corrected chi connectivity index (χ0v) is 19.0. The fourth-order valence-electron chi connectivity index (χ4n) is 3.35. The van der Waals surface area contributed by atoms with E-state index in [1.54, 1.807) is 24.3 Å². The lowest BCUT2D eigenvalue weighted by atomic mass is 10.2. The Morgan fingerprint density at radius 2 is 1.78 bits per heavy atom. The number of halogens is 4. The molecule has 0 fully saturated rings. The van der Waals surface area contributed by atoms with Crippen molar-refractivity contribution >= 4 is 17.3 Å². The van der Waals surface area contributed by atoms with E-state index in [9.17, 15) is 32.5 Å². The third-order valence-corrected chi connectivity index (χ3v) is 5.08. The highest BCUT2D eigenvalue weighted by molar-refractivity contribution is 6.02. The van der Waals surface area contributed by atoms with Gasteiger partial charge in [0.05, 0.1) is 23.2 Å². The molecular weight excluding hydrogens is 500 g/mol. The predicted molar refractivity (Wildman–Crippen MR) is 122 cm³/mol. The van der Waals surface area contributed by atoms with E-state index in [2.05, 4.69) is 10.4 Å². The first-order chi connectivity index (χ1) is 17.6. The summed E-state index contributed by atoms with van der Waals surface area (Å²) in [4.78, 5) is 23.4. The minimum absolute atomic E-state index is 0.00148. The molecule has 0 unspecified atom stereocenters. The number of hydrogen-bond donors (Lipinski definition) is 1. The van der Waals surface area contributed by atoms with Crippen LogP contribution in [0.1, 0.15) is 46.1 Å². The van der Waals surface area contributed by atoms with E-state index in [0.717, 1.165) is 11.6 Å². The lowest BCUT2D eigenvalue weighted by Crippen LogP contribution is -2.11. The Hall–Kier alpha value is -4.68. The van der Waals surface area contributed by atoms with Crippen molar-refractivity contribution in [2.75, 3.05) is 5.32 Å². The van der Waals surface area contributed by atoms with Crippen molar-refractivity contribution < 1.29 is 36.4 Å². The van der Waals surface area contributed by atoms with Crippen LogP contribution >= 0.6 is 0 Å². The van der Waals surface area contributed by atoms with Crippen molar-refractivity contribution in [3.63, 3.8) is 0 Å². The highest BCUT2D eigenvalue weighted by atomic mass is 19.3. The number of amides is 1. The Kier molecular flexibility index (Phi) is 7.22. The van der Waals surface area contributed by atoms with Gasteiger partial charge in [-0.3, -0.25) is 19.6 Å². The number of non-ortho nitro benzene ring substituents is 1. The molecule has 0 saturated carbocycles. The smallest absolute Gasteiger partial charge is 0.291 e. The molecule has 2 aromatic heterocycles. The molecule has 0 radical (unpaired) electrons. The lowest BCUT2D eigenvalue weighted by Gasteiger charge is -2.09. The minimum Gasteiger partial charge on any atom is -0.457 e. The molecule has 2 aromatic carbocycles. The zero-order valence-electron chi connectivity index (χ0n) is 19.0. The monoisotopic (exact) mass is 518 g/mol. The number of nitro groups is 1. The molecule has 13 heteroatoms. The van der Waals surface area contributed by atoms with Gasteiger partial charge in [0.15, 0.2) is 5.76 Å². The van der Waals surface area contributed by atoms with E-state index in [1.165, 1.54) is 24.3 Å². The number of alkyl halides is 4. The quantitative estimate of drug-likeness (QED) is 0.151. The molecule has 0 spiro atoms. The number of aryl methyl sites for hydroxylation is 1. The molecule has 37 heavy (non-hydrogen) atoms. The topological polar surface area (TPSA) is 112 Å². The number of aromatic nitrogens is 2. The number of nitro benzene ring substituents is 1. The third kappa shape index (κ3) is 6.12. The fraction of sp³-hybridized carbons (Fsp3) is 0.167. The first kappa shape index (κ1) is 25.4. The SMILES string of the molecule is Cc1ccc(Oc2cc(NC(=O)c3ccc(Cn4nc(C(F)F)cc4C(F)F)o3)cc([N+](=O)[O-])c2)cc1. The van der Waals surface area contributed by atoms with Crippen LogP contribution in [0, 0.1) is 17.0 Å². The van der Waals surface area contributed by atoms with E-state index in [-0.39, 0.29) is 28.6 Å². The van der Waals surface area contributed by atoms with Gasteiger partial charge in [-0.15, -0.1) is 0 Å². The largest absolute Gasteiger partial charge is 0.457 e. The molecule has 0 aliphatic rings. The first-order valence-corrected chi connectivity index (χ1v) is 10.7. The molecule has 0 atom stereocenters. The maximum atomic E-state index is 13.2. The van der Waals surface area contributed by atoms with Crippen LogP contribution in [-0.4, -0.2) is 20.6 Å². The van der Waals surface area contributed by atoms with Crippen molar-refractivity contribution in [1.82, 2.24) is 9.78 Å². The van der Waals surface area contributed by atoms with Crippen LogP contribution in [0.5, 0.6) is 11.5 Å². The Labute approximate surface area is 206 Å². The summed E-state index contributed by atoms with van der Waals surface area (Å²) < 4.78 is 63.9. The third-order valence-electron chi connectivity index (χ3n) is 5.08. The highest BCUT2D eigenvalue weighted by Crippen LogP contribution is 2.30. The lowest BCUT2D eigenvalue weighted by molar-refractivity contribution is -0.384. The van der Waals surface area contributed by atoms with Crippen molar-refractivity contribution in [2.24, 2.45) is 0 Å². The van der Waals surface area contributed by atoms with Gasteiger partial charge in [0.25, 0.3) is 24.4 Å². The molecular formula is C24H18F4N4O5. The second-order valence-electron chi connectivity index (χ2n) is 7.86. The highest BCUT2D eigenvalue weighted by Gasteiger charge is 2.22. The number of rotatable bonds is 9. The van der Waals surface area contributed by atoms with Crippen LogP contribution in [-0.2, 0) is 6.54 Å². The molecule has 9 nitrogen and oxygen atoms in total. The first-order valence-electron chi connectivity index (χ1n) is 10.7. The van der Waals surface area contributed by atoms with Crippen molar-refractivity contribution in [2.45, 2.75) is 26.3 Å². The number of carbonyl (C=O) groups excluding carboxylic acids is 1. The molecule has 2 heterocycles. The van der Waals surface area contributed by atoms with E-state index >= 15 is 0 Å². The van der Waals surface area contributed by atoms with Gasteiger partial charge in [-0.1, -0.05) is 17.7 Å². The van der Waals surface area contributed by atoms with Crippen molar-refractivity contribution in [3.8, 4) is 11.5 Å². The summed E-state index contributed by atoms with van der Waals surface area (Å²) in [6, 6.07) is 13.8. The van der Waals surface area contributed by atoms with Gasteiger partial charge in [-0.25, -0.2) is 17.6 Å². The maximum absolute atomic E-state index is 13.2. The summed E-state index contributed by atoms with van der Waals surface area (Å²) in [5.41, 5.74) is -0.852. The van der Waals surface area contributed by atoms with Gasteiger partial charge in [0.1, 0.15) is 28.6 Å². The average Bonchev–Trinajstić information content (AvgIpc) is 3.48. The fourth-order valence-corrected chi connectivity index (χ4v) is 3.35. The Morgan fingerprint density at radius 1 is 1.05 bits per heavy atom. The molecule has 1 amide bonds. The molecule has 0 bridgehead atoms. The van der Waals surface area contributed by atoms with Crippen LogP contribution in [0.2, 0.25) is 0 Å². The van der Waals surface area contributed by atoms with E-state index in [4.69, 9.17) is 9.15 Å². The Bertz CT molecular complexity index is 1430. The Morgan fingerprint density at radius 3 is 2.43 bits per heavy atom. The standard InChI is InChI=1S/C24H18F4N4O5/c1-13-2-4-16(5-3-13)36-18-9-14(8-15(10-18)32(34)35)29-24(33)21-7-6-17(37-21)12-31-20(23(27)28)11-19(30-31)22(25)26/h2-11,22-23H,12H2,1H3,(H,29,33). The summed E-state index contributed by atoms with van der Waals surface area (Å²) in [5.74, 6) is -0.519. The number of furan rings is 1.